The lowest BCUT2D eigenvalue weighted by atomic mass is 10.2. The molecule has 1 aromatic heterocycles. The molecule has 0 saturated heterocycles. The van der Waals surface area contributed by atoms with Crippen LogP contribution in [0.1, 0.15) is 22.6 Å². The Balaban J connectivity index is 3.38. The van der Waals surface area contributed by atoms with Crippen molar-refractivity contribution in [3.63, 3.8) is 0 Å². The lowest BCUT2D eigenvalue weighted by Gasteiger charge is -2.07. The molecular weight excluding hydrogens is 235 g/mol. The third-order valence-electron chi connectivity index (χ3n) is 1.57. The number of hydrogen-bond acceptors (Lipinski definition) is 3. The third kappa shape index (κ3) is 2.38. The van der Waals surface area contributed by atoms with Crippen LogP contribution >= 0.6 is 11.6 Å². The molecule has 82 valence electrons. The van der Waals surface area contributed by atoms with Crippen LogP contribution in [0.15, 0.2) is 6.07 Å². The summed E-state index contributed by atoms with van der Waals surface area (Å²) in [6.45, 7) is 0. The minimum atomic E-state index is -2.94. The van der Waals surface area contributed by atoms with E-state index < -0.39 is 34.6 Å². The van der Waals surface area contributed by atoms with Gasteiger partial charge >= 0.3 is 0 Å². The molecule has 0 unspecified atom stereocenters. The zero-order valence-corrected chi connectivity index (χ0v) is 8.19. The van der Waals surface area contributed by atoms with Crippen LogP contribution in [0.3, 0.4) is 0 Å². The number of carbonyl (C=O) groups is 1. The molecular formula is C8H5ClF3NO2. The molecule has 0 atom stereocenters. The van der Waals surface area contributed by atoms with Gasteiger partial charge in [-0.25, -0.2) is 18.2 Å². The fourth-order valence-corrected chi connectivity index (χ4v) is 1.04. The van der Waals surface area contributed by atoms with Gasteiger partial charge in [0.2, 0.25) is 0 Å². The Kier molecular flexibility index (Phi) is 3.52. The van der Waals surface area contributed by atoms with E-state index in [4.69, 9.17) is 11.6 Å². The van der Waals surface area contributed by atoms with Gasteiger partial charge in [0.05, 0.1) is 7.11 Å². The van der Waals surface area contributed by atoms with Gasteiger partial charge in [-0.2, -0.15) is 0 Å². The van der Waals surface area contributed by atoms with Gasteiger partial charge in [-0.05, 0) is 11.6 Å². The van der Waals surface area contributed by atoms with E-state index in [9.17, 15) is 18.0 Å². The highest BCUT2D eigenvalue weighted by molar-refractivity contribution is 6.67. The number of halogens is 4. The van der Waals surface area contributed by atoms with E-state index in [0.717, 1.165) is 7.11 Å². The Morgan fingerprint density at radius 1 is 1.60 bits per heavy atom. The van der Waals surface area contributed by atoms with E-state index in [1.165, 1.54) is 0 Å². The summed E-state index contributed by atoms with van der Waals surface area (Å²) in [5.74, 6) is -1.65. The number of alkyl halides is 2. The quantitative estimate of drug-likeness (QED) is 0.761. The number of methoxy groups -OCH3 is 1. The molecule has 0 saturated carbocycles. The Morgan fingerprint density at radius 3 is 2.60 bits per heavy atom. The smallest absolute Gasteiger partial charge is 0.280 e. The number of pyridine rings is 1. The second-order valence-electron chi connectivity index (χ2n) is 2.49. The van der Waals surface area contributed by atoms with E-state index in [-0.39, 0.29) is 0 Å². The molecule has 0 aliphatic rings. The zero-order chi connectivity index (χ0) is 11.6. The average molecular weight is 240 g/mol. The number of ether oxygens (including phenoxy) is 1. The van der Waals surface area contributed by atoms with E-state index in [1.54, 1.807) is 0 Å². The molecule has 0 aromatic carbocycles. The first-order valence-electron chi connectivity index (χ1n) is 3.69. The summed E-state index contributed by atoms with van der Waals surface area (Å²) < 4.78 is 42.2. The summed E-state index contributed by atoms with van der Waals surface area (Å²) in [5.41, 5.74) is -1.64. The number of aromatic nitrogens is 1. The lowest BCUT2D eigenvalue weighted by molar-refractivity contribution is 0.106. The zero-order valence-electron chi connectivity index (χ0n) is 7.43. The monoisotopic (exact) mass is 239 g/mol. The van der Waals surface area contributed by atoms with Gasteiger partial charge in [-0.1, -0.05) is 0 Å². The molecule has 3 nitrogen and oxygen atoms in total. The van der Waals surface area contributed by atoms with Crippen LogP contribution in [-0.4, -0.2) is 17.3 Å². The van der Waals surface area contributed by atoms with Crippen molar-refractivity contribution in [3.8, 4) is 5.75 Å². The van der Waals surface area contributed by atoms with Crippen LogP contribution in [0.4, 0.5) is 13.2 Å². The molecule has 0 fully saturated rings. The van der Waals surface area contributed by atoms with Crippen molar-refractivity contribution in [2.24, 2.45) is 0 Å². The molecule has 0 bridgehead atoms. The van der Waals surface area contributed by atoms with Crippen LogP contribution in [0, 0.1) is 5.82 Å². The maximum absolute atomic E-state index is 13.2. The highest BCUT2D eigenvalue weighted by atomic mass is 35.5. The molecule has 15 heavy (non-hydrogen) atoms. The van der Waals surface area contributed by atoms with Crippen molar-refractivity contribution >= 4 is 16.8 Å². The molecule has 7 heteroatoms. The summed E-state index contributed by atoms with van der Waals surface area (Å²) in [7, 11) is 1.08. The van der Waals surface area contributed by atoms with Crippen molar-refractivity contribution < 1.29 is 22.7 Å². The van der Waals surface area contributed by atoms with Gasteiger partial charge in [0.1, 0.15) is 5.69 Å². The van der Waals surface area contributed by atoms with E-state index in [1.807, 2.05) is 0 Å². The minimum Gasteiger partial charge on any atom is -0.494 e. The fourth-order valence-electron chi connectivity index (χ4n) is 0.915. The van der Waals surface area contributed by atoms with Gasteiger partial charge < -0.3 is 4.74 Å². The first-order chi connectivity index (χ1) is 6.97. The van der Waals surface area contributed by atoms with Crippen LogP contribution in [0.25, 0.3) is 0 Å². The van der Waals surface area contributed by atoms with E-state index in [0.29, 0.717) is 6.07 Å². The average Bonchev–Trinajstić information content (AvgIpc) is 2.17. The summed E-state index contributed by atoms with van der Waals surface area (Å²) in [5, 5.41) is -1.26. The second-order valence-corrected chi connectivity index (χ2v) is 2.83. The van der Waals surface area contributed by atoms with Crippen molar-refractivity contribution in [1.29, 1.82) is 0 Å². The van der Waals surface area contributed by atoms with E-state index in [2.05, 4.69) is 9.72 Å². The standard InChI is InChI=1S/C8H5ClF3NO2/c1-15-4-2-3(8(11)12)13-6(5(4)10)7(9)14/h2,8H,1H3. The fraction of sp³-hybridized carbons (Fsp3) is 0.250. The Bertz CT molecular complexity index is 398. The second kappa shape index (κ2) is 4.48. The topological polar surface area (TPSA) is 39.2 Å². The Morgan fingerprint density at radius 2 is 2.20 bits per heavy atom. The van der Waals surface area contributed by atoms with Crippen molar-refractivity contribution in [2.45, 2.75) is 6.43 Å². The van der Waals surface area contributed by atoms with Crippen molar-refractivity contribution in [2.75, 3.05) is 7.11 Å². The number of carbonyl (C=O) groups excluding carboxylic acids is 1. The summed E-state index contributed by atoms with van der Waals surface area (Å²) >= 11 is 4.97. The maximum atomic E-state index is 13.2. The third-order valence-corrected chi connectivity index (χ3v) is 1.75. The van der Waals surface area contributed by atoms with E-state index >= 15 is 0 Å². The van der Waals surface area contributed by atoms with Crippen molar-refractivity contribution in [1.82, 2.24) is 4.98 Å². The molecule has 1 rings (SSSR count). The highest BCUT2D eigenvalue weighted by Gasteiger charge is 2.21. The maximum Gasteiger partial charge on any atom is 0.280 e. The van der Waals surface area contributed by atoms with Gasteiger partial charge in [0.25, 0.3) is 11.7 Å². The van der Waals surface area contributed by atoms with Gasteiger partial charge in [0, 0.05) is 6.07 Å². The molecule has 1 aromatic rings. The van der Waals surface area contributed by atoms with Crippen molar-refractivity contribution in [3.05, 3.63) is 23.3 Å². The predicted octanol–water partition coefficient (Wildman–Crippen LogP) is 2.55. The minimum absolute atomic E-state index is 0.496. The van der Waals surface area contributed by atoms with Crippen LogP contribution in [0.5, 0.6) is 5.75 Å². The molecule has 0 aliphatic carbocycles. The first kappa shape index (κ1) is 11.8. The number of rotatable bonds is 3. The molecule has 0 spiro atoms. The molecule has 1 heterocycles. The highest BCUT2D eigenvalue weighted by Crippen LogP contribution is 2.26. The Labute approximate surface area is 87.8 Å². The number of hydrogen-bond donors (Lipinski definition) is 0. The summed E-state index contributed by atoms with van der Waals surface area (Å²) in [6, 6.07) is 0.712. The Hall–Kier alpha value is -1.30. The predicted molar refractivity (Wildman–Crippen MR) is 45.9 cm³/mol. The lowest BCUT2D eigenvalue weighted by Crippen LogP contribution is -2.05. The van der Waals surface area contributed by atoms with Gasteiger partial charge in [-0.15, -0.1) is 0 Å². The first-order valence-corrected chi connectivity index (χ1v) is 4.07. The SMILES string of the molecule is COc1cc(C(F)F)nc(C(=O)Cl)c1F. The molecule has 0 amide bonds. The van der Waals surface area contributed by atoms with Gasteiger partial charge in [-0.3, -0.25) is 4.79 Å². The van der Waals surface area contributed by atoms with Crippen LogP contribution < -0.4 is 4.74 Å². The molecule has 0 N–H and O–H groups in total. The summed E-state index contributed by atoms with van der Waals surface area (Å²) in [6.07, 6.45) is -2.94. The molecule has 0 aliphatic heterocycles. The summed E-state index contributed by atoms with van der Waals surface area (Å²) in [4.78, 5) is 13.8. The van der Waals surface area contributed by atoms with Crippen LogP contribution in [0.2, 0.25) is 0 Å². The van der Waals surface area contributed by atoms with Crippen LogP contribution in [-0.2, 0) is 0 Å². The molecule has 0 radical (unpaired) electrons. The number of nitrogens with zero attached hydrogens (tertiary/aromatic N) is 1. The largest absolute Gasteiger partial charge is 0.494 e. The van der Waals surface area contributed by atoms with Gasteiger partial charge in [0.15, 0.2) is 17.3 Å². The normalized spacial score (nSPS) is 10.5.